The number of hydrogen-bond acceptors (Lipinski definition) is 14. The first-order valence-corrected chi connectivity index (χ1v) is 37.0. The van der Waals surface area contributed by atoms with Gasteiger partial charge in [0.1, 0.15) is 34.5 Å². The van der Waals surface area contributed by atoms with Gasteiger partial charge in [0, 0.05) is 50.4 Å². The molecule has 0 saturated carbocycles. The van der Waals surface area contributed by atoms with Crippen molar-refractivity contribution in [3.63, 3.8) is 0 Å². The summed E-state index contributed by atoms with van der Waals surface area (Å²) in [6, 6.07) is 34.5. The standard InChI is InChI=1S/C41H48F2N2O7S.C38H44F2N2O7S.B/c1-25(2)37-36(39(47)44-53(48,49)33-19-9-26(3)10-20-33)35(27-11-15-29(42)16-12-27)38(28-13-17-30(43)18-14-28)45(37)22-21-31-23-32(51-41(7,8)50-31)24-34(46)52-40(4,5)6;1-23(2)35-34(37(46)41-50(47,48)31-17-7-24(3)8-18-31)33(25-9-13-27(39)14-10-25)36(26-11-15-28(40)16-12-26)42(35)20-19-29(43)21-30(44)22-32(45)49-38(4,5)6;/h9-20,25,31-32H,21-24H2,1-8H3,(H,44,47);7-18,23,29-30,43-44H,19-22H2,1-6H3,(H,41,46);/t31-,32-;29-,30-;/m11./s1. The number of aromatic nitrogens is 2. The number of aryl methyl sites for hydroxylation is 2. The normalized spacial score (nSPS) is 15.3. The van der Waals surface area contributed by atoms with E-state index in [0.717, 1.165) is 11.1 Å². The molecule has 8 aromatic rings. The van der Waals surface area contributed by atoms with Crippen molar-refractivity contribution in [3.8, 4) is 44.8 Å². The highest BCUT2D eigenvalue weighted by Gasteiger charge is 2.40. The molecular formula is C79H92BF4N4O14S2. The van der Waals surface area contributed by atoms with Crippen LogP contribution >= 0.6 is 0 Å². The zero-order valence-corrected chi connectivity index (χ0v) is 62.7. The number of benzene rings is 6. The maximum absolute atomic E-state index is 14.5. The van der Waals surface area contributed by atoms with Gasteiger partial charge in [-0.3, -0.25) is 19.2 Å². The average molecular weight is 1470 g/mol. The highest BCUT2D eigenvalue weighted by atomic mass is 32.2. The predicted octanol–water partition coefficient (Wildman–Crippen LogP) is 15.2. The Bertz CT molecular complexity index is 4550. The summed E-state index contributed by atoms with van der Waals surface area (Å²) in [6.07, 6.45) is -2.71. The first-order valence-electron chi connectivity index (χ1n) is 34.1. The smallest absolute Gasteiger partial charge is 0.308 e. The summed E-state index contributed by atoms with van der Waals surface area (Å²) in [5.74, 6) is -6.49. The summed E-state index contributed by atoms with van der Waals surface area (Å²) in [6.45, 7) is 25.5. The van der Waals surface area contributed by atoms with Crippen molar-refractivity contribution in [3.05, 3.63) is 203 Å². The van der Waals surface area contributed by atoms with Gasteiger partial charge in [-0.15, -0.1) is 0 Å². The Kier molecular flexibility index (Phi) is 27.0. The van der Waals surface area contributed by atoms with Crippen molar-refractivity contribution in [2.45, 2.75) is 212 Å². The molecule has 0 unspecified atom stereocenters. The van der Waals surface area contributed by atoms with Crippen LogP contribution in [0.15, 0.2) is 155 Å². The summed E-state index contributed by atoms with van der Waals surface area (Å²) >= 11 is 0. The molecule has 9 rings (SSSR count). The third kappa shape index (κ3) is 21.7. The summed E-state index contributed by atoms with van der Waals surface area (Å²) in [4.78, 5) is 53.5. The number of nitrogens with zero attached hydrogens (tertiary/aromatic N) is 2. The zero-order valence-electron chi connectivity index (χ0n) is 61.1. The molecule has 6 aromatic carbocycles. The summed E-state index contributed by atoms with van der Waals surface area (Å²) in [7, 11) is -8.64. The third-order valence-electron chi connectivity index (χ3n) is 16.7. The van der Waals surface area contributed by atoms with Crippen molar-refractivity contribution in [2.75, 3.05) is 0 Å². The number of ether oxygens (including phenoxy) is 4. The first-order chi connectivity index (χ1) is 48.1. The second kappa shape index (κ2) is 34.0. The average Bonchev–Trinajstić information content (AvgIpc) is 1.59. The number of sulfonamides is 2. The van der Waals surface area contributed by atoms with E-state index in [-0.39, 0.29) is 97.6 Å². The quantitative estimate of drug-likeness (QED) is 0.0250. The van der Waals surface area contributed by atoms with Gasteiger partial charge in [-0.25, -0.2) is 43.8 Å². The van der Waals surface area contributed by atoms with Gasteiger partial charge in [0.15, 0.2) is 5.79 Å². The second-order valence-corrected chi connectivity index (χ2v) is 32.3. The van der Waals surface area contributed by atoms with Crippen LogP contribution in [-0.4, -0.2) is 110 Å². The van der Waals surface area contributed by atoms with Crippen LogP contribution in [0.5, 0.6) is 0 Å². The maximum atomic E-state index is 14.5. The molecular weight excluding hydrogens is 1380 g/mol. The van der Waals surface area contributed by atoms with Crippen LogP contribution in [0.3, 0.4) is 0 Å². The summed E-state index contributed by atoms with van der Waals surface area (Å²) < 4.78 is 143. The van der Waals surface area contributed by atoms with Crippen LogP contribution < -0.4 is 9.44 Å². The molecule has 18 nitrogen and oxygen atoms in total. The lowest BCUT2D eigenvalue weighted by Crippen LogP contribution is -2.46. The fourth-order valence-electron chi connectivity index (χ4n) is 12.6. The maximum Gasteiger partial charge on any atom is 0.308 e. The third-order valence-corrected chi connectivity index (χ3v) is 19.4. The Morgan fingerprint density at radius 3 is 1.24 bits per heavy atom. The molecule has 104 heavy (non-hydrogen) atoms. The van der Waals surface area contributed by atoms with Gasteiger partial charge in [0.05, 0.1) is 69.6 Å². The minimum Gasteiger partial charge on any atom is -0.460 e. The van der Waals surface area contributed by atoms with E-state index in [0.29, 0.717) is 63.4 Å². The number of carbonyl (C=O) groups is 4. The molecule has 4 atom stereocenters. The van der Waals surface area contributed by atoms with E-state index < -0.39 is 96.4 Å². The number of esters is 2. The summed E-state index contributed by atoms with van der Waals surface area (Å²) in [5.41, 5.74) is 4.85. The Hall–Kier alpha value is -8.72. The van der Waals surface area contributed by atoms with E-state index >= 15 is 0 Å². The molecule has 1 fully saturated rings. The number of nitrogens with one attached hydrogen (secondary N) is 2. The molecule has 25 heteroatoms. The lowest BCUT2D eigenvalue weighted by Gasteiger charge is -2.41. The van der Waals surface area contributed by atoms with Gasteiger partial charge in [0.2, 0.25) is 0 Å². The number of halogens is 4. The Morgan fingerprint density at radius 2 is 0.875 bits per heavy atom. The lowest BCUT2D eigenvalue weighted by molar-refractivity contribution is -0.301. The molecule has 3 radical (unpaired) electrons. The van der Waals surface area contributed by atoms with Crippen molar-refractivity contribution in [1.29, 1.82) is 0 Å². The van der Waals surface area contributed by atoms with E-state index in [9.17, 15) is 63.8 Å². The van der Waals surface area contributed by atoms with E-state index in [4.69, 9.17) is 18.9 Å². The van der Waals surface area contributed by atoms with Crippen LogP contribution in [0.25, 0.3) is 44.8 Å². The highest BCUT2D eigenvalue weighted by Crippen LogP contribution is 2.45. The van der Waals surface area contributed by atoms with Crippen LogP contribution in [0, 0.1) is 37.1 Å². The summed E-state index contributed by atoms with van der Waals surface area (Å²) in [5, 5.41) is 21.6. The molecule has 3 heterocycles. The zero-order chi connectivity index (χ0) is 75.8. The van der Waals surface area contributed by atoms with Gasteiger partial charge in [-0.05, 0) is 220 Å². The number of aliphatic hydroxyl groups excluding tert-OH is 2. The number of aliphatic hydroxyl groups is 2. The van der Waals surface area contributed by atoms with Crippen molar-refractivity contribution < 1.29 is 82.7 Å². The monoisotopic (exact) mass is 1470 g/mol. The Balaban J connectivity index is 0.000000289. The van der Waals surface area contributed by atoms with E-state index in [1.54, 1.807) is 103 Å². The van der Waals surface area contributed by atoms with E-state index in [1.165, 1.54) is 109 Å². The van der Waals surface area contributed by atoms with Gasteiger partial charge in [0.25, 0.3) is 31.9 Å². The molecule has 1 saturated heterocycles. The second-order valence-electron chi connectivity index (χ2n) is 28.9. The first kappa shape index (κ1) is 82.6. The fourth-order valence-corrected chi connectivity index (χ4v) is 14.6. The molecule has 2 aromatic heterocycles. The van der Waals surface area contributed by atoms with Crippen molar-refractivity contribution in [2.24, 2.45) is 0 Å². The van der Waals surface area contributed by atoms with Crippen LogP contribution in [0.4, 0.5) is 17.6 Å². The van der Waals surface area contributed by atoms with Crippen molar-refractivity contribution >= 4 is 52.2 Å². The van der Waals surface area contributed by atoms with E-state index in [2.05, 4.69) is 9.44 Å². The van der Waals surface area contributed by atoms with E-state index in [1.807, 2.05) is 39.2 Å². The fraction of sp³-hybridized carbons (Fsp3) is 0.392. The SMILES string of the molecule is Cc1ccc(S(=O)(=O)NC(=O)c2c(-c3ccc(F)cc3)c(-c3ccc(F)cc3)n(CC[C@@H](O)C[C@@H](O)CC(=O)OC(C)(C)C)c2C(C)C)cc1.Cc1ccc(S(=O)(=O)NC(=O)c2c(-c3ccc(F)cc3)c(-c3ccc(F)cc3)n(CC[C@@H]3C[C@H](CC(=O)OC(C)(C)C)OC(C)(C)O3)c2C(C)C)cc1.[B]. The van der Waals surface area contributed by atoms with Gasteiger partial charge in [-0.2, -0.15) is 0 Å². The topological polar surface area (TPSA) is 248 Å². The Labute approximate surface area is 609 Å². The van der Waals surface area contributed by atoms with Gasteiger partial charge < -0.3 is 38.3 Å². The highest BCUT2D eigenvalue weighted by molar-refractivity contribution is 7.90. The Morgan fingerprint density at radius 1 is 0.529 bits per heavy atom. The molecule has 555 valence electrons. The molecule has 0 spiro atoms. The number of carbonyl (C=O) groups excluding carboxylic acids is 4. The van der Waals surface area contributed by atoms with Crippen LogP contribution in [-0.2, 0) is 61.7 Å². The molecule has 2 amide bonds. The minimum absolute atomic E-state index is 0. The number of rotatable bonds is 24. The minimum atomic E-state index is -4.33. The number of amides is 2. The largest absolute Gasteiger partial charge is 0.460 e. The van der Waals surface area contributed by atoms with Gasteiger partial charge >= 0.3 is 11.9 Å². The van der Waals surface area contributed by atoms with Crippen LogP contribution in [0.2, 0.25) is 0 Å². The lowest BCUT2D eigenvalue weighted by atomic mass is 9.94. The molecule has 0 bridgehead atoms. The molecule has 4 N–H and O–H groups in total. The van der Waals surface area contributed by atoms with Gasteiger partial charge in [-0.1, -0.05) is 87.4 Å². The van der Waals surface area contributed by atoms with Crippen molar-refractivity contribution in [1.82, 2.24) is 18.6 Å². The molecule has 1 aliphatic rings. The molecule has 1 aliphatic heterocycles. The van der Waals surface area contributed by atoms with Crippen LogP contribution in [0.1, 0.15) is 177 Å². The number of hydrogen-bond donors (Lipinski definition) is 4. The molecule has 0 aliphatic carbocycles. The predicted molar refractivity (Wildman–Crippen MR) is 391 cm³/mol.